The van der Waals surface area contributed by atoms with E-state index in [1.807, 2.05) is 25.1 Å². The SMILES string of the molecule is COc1ccc(C)cc1-c1ccc(C(=N)N)c(=O)[nH]1. The van der Waals surface area contributed by atoms with Gasteiger partial charge in [-0.05, 0) is 31.2 Å². The number of nitrogens with one attached hydrogen (secondary N) is 2. The molecule has 1 aromatic carbocycles. The second kappa shape index (κ2) is 4.97. The molecule has 2 aromatic rings. The normalized spacial score (nSPS) is 10.2. The topological polar surface area (TPSA) is 92.0 Å². The Morgan fingerprint density at radius 3 is 2.63 bits per heavy atom. The van der Waals surface area contributed by atoms with E-state index in [1.54, 1.807) is 13.2 Å². The average Bonchev–Trinajstić information content (AvgIpc) is 2.38. The van der Waals surface area contributed by atoms with Gasteiger partial charge in [0.25, 0.3) is 5.56 Å². The number of methoxy groups -OCH3 is 1. The summed E-state index contributed by atoms with van der Waals surface area (Å²) in [5, 5.41) is 7.30. The van der Waals surface area contributed by atoms with Gasteiger partial charge >= 0.3 is 0 Å². The van der Waals surface area contributed by atoms with Gasteiger partial charge in [-0.1, -0.05) is 11.6 Å². The summed E-state index contributed by atoms with van der Waals surface area (Å²) in [5.41, 5.74) is 7.60. The molecule has 98 valence electrons. The molecule has 19 heavy (non-hydrogen) atoms. The van der Waals surface area contributed by atoms with Gasteiger partial charge in [0.05, 0.1) is 18.4 Å². The van der Waals surface area contributed by atoms with Crippen molar-refractivity contribution in [1.29, 1.82) is 5.41 Å². The molecule has 0 atom stereocenters. The van der Waals surface area contributed by atoms with Crippen LogP contribution in [0.2, 0.25) is 0 Å². The van der Waals surface area contributed by atoms with Crippen molar-refractivity contribution < 1.29 is 4.74 Å². The third-order valence-electron chi connectivity index (χ3n) is 2.84. The highest BCUT2D eigenvalue weighted by atomic mass is 16.5. The number of hydrogen-bond acceptors (Lipinski definition) is 3. The maximum Gasteiger partial charge on any atom is 0.259 e. The lowest BCUT2D eigenvalue weighted by atomic mass is 10.1. The van der Waals surface area contributed by atoms with Crippen molar-refractivity contribution in [3.8, 4) is 17.0 Å². The molecule has 0 fully saturated rings. The molecule has 0 saturated carbocycles. The molecule has 0 amide bonds. The van der Waals surface area contributed by atoms with E-state index < -0.39 is 0 Å². The Morgan fingerprint density at radius 1 is 1.32 bits per heavy atom. The second-order valence-electron chi connectivity index (χ2n) is 4.23. The lowest BCUT2D eigenvalue weighted by Crippen LogP contribution is -2.23. The predicted molar refractivity (Wildman–Crippen MR) is 74.8 cm³/mol. The summed E-state index contributed by atoms with van der Waals surface area (Å²) in [4.78, 5) is 14.5. The smallest absolute Gasteiger partial charge is 0.259 e. The predicted octanol–water partition coefficient (Wildman–Crippen LogP) is 1.64. The Kier molecular flexibility index (Phi) is 3.37. The Morgan fingerprint density at radius 2 is 2.05 bits per heavy atom. The third-order valence-corrected chi connectivity index (χ3v) is 2.84. The van der Waals surface area contributed by atoms with Crippen LogP contribution in [0.4, 0.5) is 0 Å². The largest absolute Gasteiger partial charge is 0.496 e. The number of hydrogen-bond donors (Lipinski definition) is 3. The van der Waals surface area contributed by atoms with Gasteiger partial charge in [0.2, 0.25) is 0 Å². The summed E-state index contributed by atoms with van der Waals surface area (Å²) in [6, 6.07) is 8.97. The third kappa shape index (κ3) is 2.49. The van der Waals surface area contributed by atoms with Crippen molar-refractivity contribution in [2.75, 3.05) is 7.11 Å². The van der Waals surface area contributed by atoms with Gasteiger partial charge in [0.15, 0.2) is 0 Å². The number of benzene rings is 1. The highest BCUT2D eigenvalue weighted by Crippen LogP contribution is 2.28. The molecule has 0 bridgehead atoms. The molecular weight excluding hydrogens is 242 g/mol. The van der Waals surface area contributed by atoms with Crippen molar-refractivity contribution in [2.24, 2.45) is 5.73 Å². The fraction of sp³-hybridized carbons (Fsp3) is 0.143. The standard InChI is InChI=1S/C14H15N3O2/c1-8-3-6-12(19-2)10(7-8)11-5-4-9(13(15)16)14(18)17-11/h3-7H,1-2H3,(H3,15,16)(H,17,18). The number of rotatable bonds is 3. The van der Waals surface area contributed by atoms with E-state index in [0.717, 1.165) is 11.1 Å². The van der Waals surface area contributed by atoms with Gasteiger partial charge in [0.1, 0.15) is 11.6 Å². The number of nitrogens with two attached hydrogens (primary N) is 1. The maximum absolute atomic E-state index is 11.8. The van der Waals surface area contributed by atoms with E-state index in [-0.39, 0.29) is 17.0 Å². The molecule has 0 aliphatic carbocycles. The number of H-pyrrole nitrogens is 1. The average molecular weight is 257 g/mol. The number of aromatic nitrogens is 1. The van der Waals surface area contributed by atoms with E-state index in [0.29, 0.717) is 11.4 Å². The van der Waals surface area contributed by atoms with Crippen LogP contribution in [0.5, 0.6) is 5.75 Å². The van der Waals surface area contributed by atoms with Crippen LogP contribution in [0.15, 0.2) is 35.1 Å². The first-order valence-corrected chi connectivity index (χ1v) is 5.75. The summed E-state index contributed by atoms with van der Waals surface area (Å²) in [7, 11) is 1.58. The summed E-state index contributed by atoms with van der Waals surface area (Å²) in [6.07, 6.45) is 0. The Hall–Kier alpha value is -2.56. The molecular formula is C14H15N3O2. The summed E-state index contributed by atoms with van der Waals surface area (Å²) in [5.74, 6) is 0.431. The van der Waals surface area contributed by atoms with E-state index in [2.05, 4.69) is 4.98 Å². The summed E-state index contributed by atoms with van der Waals surface area (Å²) in [6.45, 7) is 1.96. The zero-order valence-electron chi connectivity index (χ0n) is 10.8. The highest BCUT2D eigenvalue weighted by Gasteiger charge is 2.09. The number of pyridine rings is 1. The number of amidine groups is 1. The Labute approximate surface area is 110 Å². The van der Waals surface area contributed by atoms with Gasteiger partial charge < -0.3 is 15.5 Å². The van der Waals surface area contributed by atoms with Crippen LogP contribution in [0, 0.1) is 12.3 Å². The first-order chi connectivity index (χ1) is 9.02. The quantitative estimate of drug-likeness (QED) is 0.576. The van der Waals surface area contributed by atoms with Crippen molar-refractivity contribution in [2.45, 2.75) is 6.92 Å². The number of nitrogen functional groups attached to an aromatic ring is 1. The van der Waals surface area contributed by atoms with Crippen LogP contribution in [0.1, 0.15) is 11.1 Å². The van der Waals surface area contributed by atoms with Crippen LogP contribution >= 0.6 is 0 Å². The summed E-state index contributed by atoms with van der Waals surface area (Å²) < 4.78 is 5.28. The van der Waals surface area contributed by atoms with Gasteiger partial charge in [-0.3, -0.25) is 10.2 Å². The zero-order valence-corrected chi connectivity index (χ0v) is 10.8. The fourth-order valence-electron chi connectivity index (χ4n) is 1.88. The monoisotopic (exact) mass is 257 g/mol. The molecule has 0 saturated heterocycles. The molecule has 0 aliphatic rings. The number of ether oxygens (including phenoxy) is 1. The first kappa shape index (κ1) is 12.9. The molecule has 1 aromatic heterocycles. The number of aromatic amines is 1. The molecule has 0 aliphatic heterocycles. The van der Waals surface area contributed by atoms with Crippen LogP contribution in [0.25, 0.3) is 11.3 Å². The minimum absolute atomic E-state index is 0.162. The van der Waals surface area contributed by atoms with Gasteiger partial charge in [-0.15, -0.1) is 0 Å². The Balaban J connectivity index is 2.60. The molecule has 1 heterocycles. The number of aryl methyl sites for hydroxylation is 1. The van der Waals surface area contributed by atoms with Crippen LogP contribution < -0.4 is 16.0 Å². The molecule has 5 heteroatoms. The molecule has 0 spiro atoms. The molecule has 0 unspecified atom stereocenters. The first-order valence-electron chi connectivity index (χ1n) is 5.75. The van der Waals surface area contributed by atoms with E-state index in [9.17, 15) is 4.79 Å². The fourth-order valence-corrected chi connectivity index (χ4v) is 1.88. The minimum Gasteiger partial charge on any atom is -0.496 e. The van der Waals surface area contributed by atoms with Crippen molar-refractivity contribution >= 4 is 5.84 Å². The molecule has 2 rings (SSSR count). The maximum atomic E-state index is 11.8. The highest BCUT2D eigenvalue weighted by molar-refractivity contribution is 5.94. The van der Waals surface area contributed by atoms with E-state index >= 15 is 0 Å². The second-order valence-corrected chi connectivity index (χ2v) is 4.23. The lowest BCUT2D eigenvalue weighted by molar-refractivity contribution is 0.416. The molecule has 4 N–H and O–H groups in total. The molecule has 5 nitrogen and oxygen atoms in total. The van der Waals surface area contributed by atoms with Crippen molar-refractivity contribution in [3.05, 3.63) is 51.8 Å². The van der Waals surface area contributed by atoms with Crippen LogP contribution in [-0.2, 0) is 0 Å². The minimum atomic E-state index is -0.381. The van der Waals surface area contributed by atoms with Gasteiger partial charge in [0, 0.05) is 5.56 Å². The van der Waals surface area contributed by atoms with Gasteiger partial charge in [-0.2, -0.15) is 0 Å². The van der Waals surface area contributed by atoms with Crippen LogP contribution in [-0.4, -0.2) is 17.9 Å². The lowest BCUT2D eigenvalue weighted by Gasteiger charge is -2.10. The van der Waals surface area contributed by atoms with Crippen molar-refractivity contribution in [3.63, 3.8) is 0 Å². The zero-order chi connectivity index (χ0) is 14.0. The summed E-state index contributed by atoms with van der Waals surface area (Å²) >= 11 is 0. The van der Waals surface area contributed by atoms with Gasteiger partial charge in [-0.25, -0.2) is 0 Å². The van der Waals surface area contributed by atoms with Crippen LogP contribution in [0.3, 0.4) is 0 Å². The Bertz CT molecular complexity index is 689. The van der Waals surface area contributed by atoms with Crippen molar-refractivity contribution in [1.82, 2.24) is 4.98 Å². The van der Waals surface area contributed by atoms with E-state index in [4.69, 9.17) is 15.9 Å². The van der Waals surface area contributed by atoms with E-state index in [1.165, 1.54) is 6.07 Å². The molecule has 0 radical (unpaired) electrons.